The molecule has 0 aliphatic rings. The fraction of sp³-hybridized carbons (Fsp3) is 0.263. The summed E-state index contributed by atoms with van der Waals surface area (Å²) in [5, 5.41) is 0. The van der Waals surface area contributed by atoms with Crippen molar-refractivity contribution >= 4 is 12.3 Å². The van der Waals surface area contributed by atoms with Crippen molar-refractivity contribution < 1.29 is 33.3 Å². The Morgan fingerprint density at radius 1 is 0.808 bits per heavy atom. The smallest absolute Gasteiger partial charge is 0.338 e. The van der Waals surface area contributed by atoms with Gasteiger partial charge in [-0.05, 0) is 24.3 Å². The van der Waals surface area contributed by atoms with Crippen LogP contribution in [0.1, 0.15) is 20.7 Å². The molecule has 0 bridgehead atoms. The number of rotatable bonds is 7. The average Bonchev–Trinajstić information content (AvgIpc) is 2.70. The van der Waals surface area contributed by atoms with Crippen LogP contribution in [0.2, 0.25) is 0 Å². The second kappa shape index (κ2) is 8.24. The van der Waals surface area contributed by atoms with Gasteiger partial charge in [0.05, 0.1) is 46.7 Å². The number of esters is 1. The Morgan fingerprint density at radius 2 is 1.46 bits per heavy atom. The molecule has 0 aliphatic heterocycles. The number of hydrogen-bond acceptors (Lipinski definition) is 7. The molecular weight excluding hydrogens is 340 g/mol. The molecule has 7 nitrogen and oxygen atoms in total. The molecule has 0 atom stereocenters. The first-order valence-electron chi connectivity index (χ1n) is 7.61. The standard InChI is InChI=1S/C19H20O7/c1-22-12-6-7-13(15(9-12)19(21)26-5)14-8-11(10-20)16(23-2)18(25-4)17(14)24-3/h6-10H,1-5H3. The van der Waals surface area contributed by atoms with Crippen molar-refractivity contribution in [1.29, 1.82) is 0 Å². The number of ether oxygens (including phenoxy) is 5. The summed E-state index contributed by atoms with van der Waals surface area (Å²) in [5.74, 6) is 0.760. The van der Waals surface area contributed by atoms with E-state index in [4.69, 9.17) is 23.7 Å². The van der Waals surface area contributed by atoms with Gasteiger partial charge in [0.1, 0.15) is 5.75 Å². The molecule has 138 valence electrons. The van der Waals surface area contributed by atoms with Gasteiger partial charge < -0.3 is 23.7 Å². The molecule has 0 aromatic heterocycles. The van der Waals surface area contributed by atoms with Crippen LogP contribution in [-0.4, -0.2) is 47.8 Å². The number of methoxy groups -OCH3 is 5. The molecule has 0 saturated carbocycles. The van der Waals surface area contributed by atoms with Gasteiger partial charge in [-0.3, -0.25) is 4.79 Å². The molecule has 0 saturated heterocycles. The second-order valence-corrected chi connectivity index (χ2v) is 5.13. The Kier molecular flexibility index (Phi) is 6.06. The van der Waals surface area contributed by atoms with E-state index in [1.165, 1.54) is 35.5 Å². The summed E-state index contributed by atoms with van der Waals surface area (Å²) < 4.78 is 26.2. The molecule has 0 heterocycles. The molecular formula is C19H20O7. The third-order valence-corrected chi connectivity index (χ3v) is 3.88. The zero-order valence-corrected chi connectivity index (χ0v) is 15.2. The summed E-state index contributed by atoms with van der Waals surface area (Å²) in [5.41, 5.74) is 1.50. The minimum Gasteiger partial charge on any atom is -0.497 e. The summed E-state index contributed by atoms with van der Waals surface area (Å²) >= 11 is 0. The molecule has 2 rings (SSSR count). The van der Waals surface area contributed by atoms with Gasteiger partial charge in [0.25, 0.3) is 0 Å². The predicted molar refractivity (Wildman–Crippen MR) is 94.8 cm³/mol. The van der Waals surface area contributed by atoms with Crippen molar-refractivity contribution in [3.8, 4) is 34.1 Å². The Hall–Kier alpha value is -3.22. The van der Waals surface area contributed by atoms with Crippen LogP contribution in [0.5, 0.6) is 23.0 Å². The highest BCUT2D eigenvalue weighted by Gasteiger charge is 2.25. The van der Waals surface area contributed by atoms with Crippen LogP contribution in [0.3, 0.4) is 0 Å². The Labute approximate surface area is 151 Å². The van der Waals surface area contributed by atoms with Gasteiger partial charge in [0.2, 0.25) is 5.75 Å². The molecule has 0 unspecified atom stereocenters. The zero-order chi connectivity index (χ0) is 19.3. The first-order valence-corrected chi connectivity index (χ1v) is 7.61. The van der Waals surface area contributed by atoms with E-state index in [1.54, 1.807) is 24.3 Å². The van der Waals surface area contributed by atoms with Crippen LogP contribution < -0.4 is 18.9 Å². The summed E-state index contributed by atoms with van der Waals surface area (Å²) in [6, 6.07) is 6.50. The quantitative estimate of drug-likeness (QED) is 0.555. The van der Waals surface area contributed by atoms with Crippen molar-refractivity contribution in [2.75, 3.05) is 35.5 Å². The van der Waals surface area contributed by atoms with E-state index >= 15 is 0 Å². The van der Waals surface area contributed by atoms with Crippen molar-refractivity contribution in [3.63, 3.8) is 0 Å². The first-order chi connectivity index (χ1) is 12.6. The maximum Gasteiger partial charge on any atom is 0.338 e. The topological polar surface area (TPSA) is 80.3 Å². The molecule has 0 fully saturated rings. The minimum atomic E-state index is -0.552. The largest absolute Gasteiger partial charge is 0.497 e. The van der Waals surface area contributed by atoms with Crippen LogP contribution in [0, 0.1) is 0 Å². The summed E-state index contributed by atoms with van der Waals surface area (Å²) in [7, 11) is 7.11. The molecule has 0 amide bonds. The van der Waals surface area contributed by atoms with E-state index in [9.17, 15) is 9.59 Å². The molecule has 2 aromatic rings. The van der Waals surface area contributed by atoms with E-state index in [2.05, 4.69) is 0 Å². The zero-order valence-electron chi connectivity index (χ0n) is 15.2. The van der Waals surface area contributed by atoms with E-state index < -0.39 is 5.97 Å². The normalized spacial score (nSPS) is 10.0. The summed E-state index contributed by atoms with van der Waals surface area (Å²) in [6.07, 6.45) is 0.644. The summed E-state index contributed by atoms with van der Waals surface area (Å²) in [6.45, 7) is 0. The predicted octanol–water partition coefficient (Wildman–Crippen LogP) is 2.99. The number of carbonyl (C=O) groups excluding carboxylic acids is 2. The maximum atomic E-state index is 12.3. The maximum absolute atomic E-state index is 12.3. The van der Waals surface area contributed by atoms with Crippen LogP contribution >= 0.6 is 0 Å². The van der Waals surface area contributed by atoms with Gasteiger partial charge in [-0.25, -0.2) is 4.79 Å². The van der Waals surface area contributed by atoms with Crippen LogP contribution in [-0.2, 0) is 4.74 Å². The van der Waals surface area contributed by atoms with Crippen molar-refractivity contribution in [1.82, 2.24) is 0 Å². The Morgan fingerprint density at radius 3 is 1.96 bits per heavy atom. The van der Waals surface area contributed by atoms with Gasteiger partial charge in [-0.2, -0.15) is 0 Å². The number of hydrogen-bond donors (Lipinski definition) is 0. The third-order valence-electron chi connectivity index (χ3n) is 3.88. The fourth-order valence-electron chi connectivity index (χ4n) is 2.69. The molecule has 0 spiro atoms. The Bertz CT molecular complexity index is 827. The van der Waals surface area contributed by atoms with E-state index in [0.29, 0.717) is 28.9 Å². The second-order valence-electron chi connectivity index (χ2n) is 5.13. The lowest BCUT2D eigenvalue weighted by Gasteiger charge is -2.19. The van der Waals surface area contributed by atoms with Crippen LogP contribution in [0.15, 0.2) is 24.3 Å². The van der Waals surface area contributed by atoms with Gasteiger partial charge >= 0.3 is 5.97 Å². The third kappa shape index (κ3) is 3.28. The van der Waals surface area contributed by atoms with E-state index in [1.807, 2.05) is 0 Å². The first kappa shape index (κ1) is 19.1. The number of aldehydes is 1. The van der Waals surface area contributed by atoms with Crippen molar-refractivity contribution in [3.05, 3.63) is 35.4 Å². The lowest BCUT2D eigenvalue weighted by Crippen LogP contribution is -2.06. The Balaban J connectivity index is 2.87. The fourth-order valence-corrected chi connectivity index (χ4v) is 2.69. The van der Waals surface area contributed by atoms with Gasteiger partial charge in [-0.1, -0.05) is 0 Å². The summed E-state index contributed by atoms with van der Waals surface area (Å²) in [4.78, 5) is 23.8. The highest BCUT2D eigenvalue weighted by molar-refractivity contribution is 6.00. The number of carbonyl (C=O) groups is 2. The van der Waals surface area contributed by atoms with Gasteiger partial charge in [0.15, 0.2) is 17.8 Å². The monoisotopic (exact) mass is 360 g/mol. The average molecular weight is 360 g/mol. The molecule has 26 heavy (non-hydrogen) atoms. The molecule has 2 aromatic carbocycles. The minimum absolute atomic E-state index is 0.247. The SMILES string of the molecule is COC(=O)c1cc(OC)ccc1-c1cc(C=O)c(OC)c(OC)c1OC. The van der Waals surface area contributed by atoms with Gasteiger partial charge in [-0.15, -0.1) is 0 Å². The van der Waals surface area contributed by atoms with E-state index in [0.717, 1.165) is 0 Å². The van der Waals surface area contributed by atoms with Crippen LogP contribution in [0.4, 0.5) is 0 Å². The lowest BCUT2D eigenvalue weighted by molar-refractivity contribution is 0.0601. The molecule has 7 heteroatoms. The van der Waals surface area contributed by atoms with E-state index in [-0.39, 0.29) is 22.6 Å². The van der Waals surface area contributed by atoms with Crippen molar-refractivity contribution in [2.45, 2.75) is 0 Å². The lowest BCUT2D eigenvalue weighted by atomic mass is 9.95. The number of benzene rings is 2. The highest BCUT2D eigenvalue weighted by atomic mass is 16.5. The van der Waals surface area contributed by atoms with Gasteiger partial charge in [0, 0.05) is 11.1 Å². The molecule has 0 aliphatic carbocycles. The van der Waals surface area contributed by atoms with Crippen LogP contribution in [0.25, 0.3) is 11.1 Å². The molecule has 0 N–H and O–H groups in total. The van der Waals surface area contributed by atoms with Crippen molar-refractivity contribution in [2.24, 2.45) is 0 Å². The highest BCUT2D eigenvalue weighted by Crippen LogP contribution is 2.47. The molecule has 0 radical (unpaired) electrons.